The number of carbonyl (C=O) groups excluding carboxylic acids is 1. The number of hydrogen-bond acceptors (Lipinski definition) is 4. The molecule has 2 heterocycles. The molecule has 6 heteroatoms. The van der Waals surface area contributed by atoms with Crippen LogP contribution in [0.5, 0.6) is 11.5 Å². The Kier molecular flexibility index (Phi) is 2.05. The van der Waals surface area contributed by atoms with Crippen molar-refractivity contribution >= 4 is 6.03 Å². The van der Waals surface area contributed by atoms with E-state index in [-0.39, 0.29) is 18.9 Å². The van der Waals surface area contributed by atoms with E-state index in [2.05, 4.69) is 5.32 Å². The quantitative estimate of drug-likeness (QED) is 0.730. The number of rotatable bonds is 1. The van der Waals surface area contributed by atoms with Gasteiger partial charge < -0.3 is 14.8 Å². The monoisotopic (exact) mass is 231 g/mol. The van der Waals surface area contributed by atoms with Gasteiger partial charge >= 0.3 is 6.03 Å². The van der Waals surface area contributed by atoms with Gasteiger partial charge in [0.2, 0.25) is 6.79 Å². The van der Waals surface area contributed by atoms with E-state index in [1.54, 1.807) is 6.07 Å². The average molecular weight is 231 g/mol. The summed E-state index contributed by atoms with van der Waals surface area (Å²) >= 11 is 0. The van der Waals surface area contributed by atoms with Crippen molar-refractivity contribution in [2.24, 2.45) is 0 Å². The molecule has 17 heavy (non-hydrogen) atoms. The fraction of sp³-hybridized carbons (Fsp3) is 0.273. The van der Waals surface area contributed by atoms with Crippen LogP contribution in [0.1, 0.15) is 11.6 Å². The largest absolute Gasteiger partial charge is 0.454 e. The van der Waals surface area contributed by atoms with Gasteiger partial charge in [0, 0.05) is 0 Å². The van der Waals surface area contributed by atoms with Gasteiger partial charge in [0.1, 0.15) is 0 Å². The number of carbonyl (C=O) groups is 1. The Morgan fingerprint density at radius 3 is 3.00 bits per heavy atom. The third kappa shape index (κ3) is 1.52. The molecule has 0 aromatic heterocycles. The van der Waals surface area contributed by atoms with Crippen LogP contribution >= 0.6 is 0 Å². The number of nitriles is 1. The molecular weight excluding hydrogens is 222 g/mol. The van der Waals surface area contributed by atoms with Gasteiger partial charge in [0.15, 0.2) is 17.7 Å². The Hall–Kier alpha value is -2.42. The molecule has 1 aromatic carbocycles. The molecule has 1 N–H and O–H groups in total. The predicted octanol–water partition coefficient (Wildman–Crippen LogP) is 0.963. The first-order valence-corrected chi connectivity index (χ1v) is 5.15. The van der Waals surface area contributed by atoms with Crippen molar-refractivity contribution in [3.8, 4) is 17.7 Å². The number of fused-ring (bicyclic) bond motifs is 1. The zero-order chi connectivity index (χ0) is 11.8. The maximum absolute atomic E-state index is 11.4. The second-order valence-corrected chi connectivity index (χ2v) is 3.83. The summed E-state index contributed by atoms with van der Waals surface area (Å²) in [6, 6.07) is 4.94. The topological polar surface area (TPSA) is 74.6 Å². The van der Waals surface area contributed by atoms with Crippen LogP contribution in [-0.2, 0) is 0 Å². The zero-order valence-corrected chi connectivity index (χ0v) is 8.84. The lowest BCUT2D eigenvalue weighted by molar-refractivity contribution is 0.174. The van der Waals surface area contributed by atoms with Gasteiger partial charge in [-0.2, -0.15) is 5.26 Å². The molecule has 0 saturated carbocycles. The van der Waals surface area contributed by atoms with Crippen LogP contribution in [0, 0.1) is 11.5 Å². The molecule has 2 aliphatic rings. The SMILES string of the molecule is N#CN1CC(c2ccc3c(c2)OCO3)NC1=O. The summed E-state index contributed by atoms with van der Waals surface area (Å²) in [6.45, 7) is 0.565. The molecule has 1 saturated heterocycles. The van der Waals surface area contributed by atoms with Crippen molar-refractivity contribution in [2.75, 3.05) is 13.3 Å². The van der Waals surface area contributed by atoms with E-state index in [9.17, 15) is 4.79 Å². The van der Waals surface area contributed by atoms with E-state index in [0.717, 1.165) is 10.5 Å². The minimum atomic E-state index is -0.366. The Labute approximate surface area is 97.3 Å². The van der Waals surface area contributed by atoms with E-state index < -0.39 is 0 Å². The highest BCUT2D eigenvalue weighted by molar-refractivity contribution is 5.78. The van der Waals surface area contributed by atoms with Gasteiger partial charge in [-0.05, 0) is 17.7 Å². The van der Waals surface area contributed by atoms with Crippen molar-refractivity contribution in [3.05, 3.63) is 23.8 Å². The molecule has 0 aliphatic carbocycles. The molecule has 0 bridgehead atoms. The lowest BCUT2D eigenvalue weighted by Gasteiger charge is -2.09. The highest BCUT2D eigenvalue weighted by atomic mass is 16.7. The van der Waals surface area contributed by atoms with E-state index in [0.29, 0.717) is 18.0 Å². The fourth-order valence-corrected chi connectivity index (χ4v) is 1.94. The van der Waals surface area contributed by atoms with Gasteiger partial charge in [-0.1, -0.05) is 6.07 Å². The van der Waals surface area contributed by atoms with E-state index >= 15 is 0 Å². The molecule has 1 atom stereocenters. The number of urea groups is 1. The van der Waals surface area contributed by atoms with E-state index in [1.807, 2.05) is 18.3 Å². The van der Waals surface area contributed by atoms with Crippen molar-refractivity contribution in [1.82, 2.24) is 10.2 Å². The molecule has 1 fully saturated rings. The molecule has 3 rings (SSSR count). The summed E-state index contributed by atoms with van der Waals surface area (Å²) in [7, 11) is 0. The minimum absolute atomic E-state index is 0.184. The van der Waals surface area contributed by atoms with Gasteiger partial charge in [0.25, 0.3) is 0 Å². The third-order valence-electron chi connectivity index (χ3n) is 2.83. The Balaban J connectivity index is 1.87. The number of hydrogen-bond donors (Lipinski definition) is 1. The second-order valence-electron chi connectivity index (χ2n) is 3.83. The van der Waals surface area contributed by atoms with Crippen LogP contribution in [0.4, 0.5) is 4.79 Å². The number of amides is 2. The highest BCUT2D eigenvalue weighted by Crippen LogP contribution is 2.34. The number of nitrogens with one attached hydrogen (secondary N) is 1. The molecule has 0 radical (unpaired) electrons. The van der Waals surface area contributed by atoms with Crippen LogP contribution in [-0.4, -0.2) is 24.3 Å². The molecule has 6 nitrogen and oxygen atoms in total. The van der Waals surface area contributed by atoms with Crippen LogP contribution in [0.2, 0.25) is 0 Å². The highest BCUT2D eigenvalue weighted by Gasteiger charge is 2.30. The van der Waals surface area contributed by atoms with Gasteiger partial charge in [-0.15, -0.1) is 0 Å². The average Bonchev–Trinajstić information content (AvgIpc) is 2.93. The summed E-state index contributed by atoms with van der Waals surface area (Å²) in [4.78, 5) is 12.5. The van der Waals surface area contributed by atoms with Crippen molar-refractivity contribution < 1.29 is 14.3 Å². The zero-order valence-electron chi connectivity index (χ0n) is 8.84. The smallest absolute Gasteiger partial charge is 0.331 e. The summed E-state index contributed by atoms with van der Waals surface area (Å²) < 4.78 is 10.5. The van der Waals surface area contributed by atoms with Gasteiger partial charge in [0.05, 0.1) is 12.6 Å². The fourth-order valence-electron chi connectivity index (χ4n) is 1.94. The van der Waals surface area contributed by atoms with Crippen molar-refractivity contribution in [3.63, 3.8) is 0 Å². The molecule has 86 valence electrons. The molecule has 2 aliphatic heterocycles. The molecule has 1 unspecified atom stereocenters. The van der Waals surface area contributed by atoms with Crippen LogP contribution < -0.4 is 14.8 Å². The van der Waals surface area contributed by atoms with Crippen molar-refractivity contribution in [1.29, 1.82) is 5.26 Å². The molecule has 0 spiro atoms. The van der Waals surface area contributed by atoms with Gasteiger partial charge in [-0.3, -0.25) is 0 Å². The maximum Gasteiger partial charge on any atom is 0.331 e. The Morgan fingerprint density at radius 2 is 2.24 bits per heavy atom. The van der Waals surface area contributed by atoms with Crippen LogP contribution in [0.15, 0.2) is 18.2 Å². The molecule has 1 aromatic rings. The first-order valence-electron chi connectivity index (χ1n) is 5.15. The van der Waals surface area contributed by atoms with Crippen LogP contribution in [0.25, 0.3) is 0 Å². The van der Waals surface area contributed by atoms with Crippen LogP contribution in [0.3, 0.4) is 0 Å². The summed E-state index contributed by atoms with van der Waals surface area (Å²) in [5.41, 5.74) is 0.903. The summed E-state index contributed by atoms with van der Waals surface area (Å²) in [5.74, 6) is 1.38. The first-order chi connectivity index (χ1) is 8.28. The number of nitrogens with zero attached hydrogens (tertiary/aromatic N) is 2. The third-order valence-corrected chi connectivity index (χ3v) is 2.83. The standard InChI is InChI=1S/C11H9N3O3/c12-5-14-4-8(13-11(14)15)7-1-2-9-10(3-7)17-6-16-9/h1-3,8H,4,6H2,(H,13,15). The van der Waals surface area contributed by atoms with E-state index in [1.165, 1.54) is 0 Å². The Bertz CT molecular complexity index is 523. The lowest BCUT2D eigenvalue weighted by Crippen LogP contribution is -2.23. The van der Waals surface area contributed by atoms with E-state index in [4.69, 9.17) is 14.7 Å². The first kappa shape index (κ1) is 9.78. The second kappa shape index (κ2) is 3.56. The number of benzene rings is 1. The summed E-state index contributed by atoms with van der Waals surface area (Å²) in [5, 5.41) is 11.5. The number of ether oxygens (including phenoxy) is 2. The maximum atomic E-state index is 11.4. The molecule has 2 amide bonds. The van der Waals surface area contributed by atoms with Gasteiger partial charge in [-0.25, -0.2) is 9.69 Å². The normalized spacial score (nSPS) is 21.2. The Morgan fingerprint density at radius 1 is 1.41 bits per heavy atom. The summed E-state index contributed by atoms with van der Waals surface area (Å²) in [6.07, 6.45) is 1.83. The molecular formula is C11H9N3O3. The minimum Gasteiger partial charge on any atom is -0.454 e. The van der Waals surface area contributed by atoms with Crippen molar-refractivity contribution in [2.45, 2.75) is 6.04 Å². The predicted molar refractivity (Wildman–Crippen MR) is 56.2 cm³/mol. The lowest BCUT2D eigenvalue weighted by atomic mass is 10.1.